The van der Waals surface area contributed by atoms with Crippen LogP contribution in [0, 0.1) is 5.92 Å². The van der Waals surface area contributed by atoms with Gasteiger partial charge in [0, 0.05) is 5.56 Å². The Morgan fingerprint density at radius 2 is 1.76 bits per heavy atom. The summed E-state index contributed by atoms with van der Waals surface area (Å²) >= 11 is 0. The molecule has 1 aromatic rings. The van der Waals surface area contributed by atoms with Crippen molar-refractivity contribution in [1.82, 2.24) is 0 Å². The molecule has 1 saturated carbocycles. The molecule has 3 nitrogen and oxygen atoms in total. The zero-order valence-corrected chi connectivity index (χ0v) is 13.3. The number of hydrogen-bond donors (Lipinski definition) is 0. The van der Waals surface area contributed by atoms with Crippen molar-refractivity contribution < 1.29 is 14.1 Å². The maximum absolute atomic E-state index is 11.2. The first-order valence-corrected chi connectivity index (χ1v) is 7.75. The summed E-state index contributed by atoms with van der Waals surface area (Å²) in [6.45, 7) is 8.17. The molecule has 0 radical (unpaired) electrons. The monoisotopic (exact) mass is 286 g/mol. The van der Waals surface area contributed by atoms with Crippen LogP contribution in [-0.2, 0) is 15.7 Å². The Morgan fingerprint density at radius 3 is 2.29 bits per heavy atom. The quantitative estimate of drug-likeness (QED) is 0.630. The van der Waals surface area contributed by atoms with E-state index in [9.17, 15) is 4.79 Å². The molecule has 0 aromatic heterocycles. The third-order valence-electron chi connectivity index (χ3n) is 4.92. The van der Waals surface area contributed by atoms with Crippen LogP contribution >= 0.6 is 0 Å². The second kappa shape index (κ2) is 4.96. The lowest BCUT2D eigenvalue weighted by atomic mass is 9.77. The molecular formula is C17H23BO3. The fourth-order valence-corrected chi connectivity index (χ4v) is 2.70. The number of carbonyl (C=O) groups excluding carboxylic acids is 1. The summed E-state index contributed by atoms with van der Waals surface area (Å²) in [5.74, 6) is 0.790. The summed E-state index contributed by atoms with van der Waals surface area (Å²) in [6, 6.07) is 6.00. The highest BCUT2D eigenvalue weighted by molar-refractivity contribution is 6.62. The predicted molar refractivity (Wildman–Crippen MR) is 84.0 cm³/mol. The molecule has 0 spiro atoms. The molecule has 1 aliphatic carbocycles. The first-order chi connectivity index (χ1) is 9.80. The number of carbonyl (C=O) groups is 1. The van der Waals surface area contributed by atoms with Crippen LogP contribution in [0.2, 0.25) is 0 Å². The van der Waals surface area contributed by atoms with E-state index in [1.54, 1.807) is 0 Å². The van der Waals surface area contributed by atoms with E-state index in [0.29, 0.717) is 5.56 Å². The second-order valence-electron chi connectivity index (χ2n) is 7.36. The lowest BCUT2D eigenvalue weighted by Gasteiger charge is -2.32. The van der Waals surface area contributed by atoms with Crippen molar-refractivity contribution in [3.05, 3.63) is 29.3 Å². The van der Waals surface area contributed by atoms with Gasteiger partial charge in [0.2, 0.25) is 0 Å². The van der Waals surface area contributed by atoms with Crippen LogP contribution in [0.1, 0.15) is 56.5 Å². The van der Waals surface area contributed by atoms with Gasteiger partial charge in [-0.15, -0.1) is 0 Å². The fourth-order valence-electron chi connectivity index (χ4n) is 2.70. The highest BCUT2D eigenvalue weighted by atomic mass is 16.7. The standard InChI is InChI=1S/C17H23BO3/c1-16(2)17(3,4)21-18(20-16)15-9-13(7-12-5-6-12)8-14(10-15)11-19/h8-12H,5-7H2,1-4H3. The Labute approximate surface area is 127 Å². The lowest BCUT2D eigenvalue weighted by Crippen LogP contribution is -2.41. The van der Waals surface area contributed by atoms with Gasteiger partial charge in [-0.05, 0) is 70.0 Å². The molecule has 21 heavy (non-hydrogen) atoms. The number of aldehydes is 1. The molecule has 1 heterocycles. The molecule has 112 valence electrons. The number of rotatable bonds is 4. The van der Waals surface area contributed by atoms with Crippen molar-refractivity contribution in [3.63, 3.8) is 0 Å². The van der Waals surface area contributed by atoms with Crippen LogP contribution < -0.4 is 5.46 Å². The highest BCUT2D eigenvalue weighted by Crippen LogP contribution is 2.37. The van der Waals surface area contributed by atoms with Crippen LogP contribution in [0.25, 0.3) is 0 Å². The molecule has 0 unspecified atom stereocenters. The van der Waals surface area contributed by atoms with Crippen LogP contribution in [0.5, 0.6) is 0 Å². The van der Waals surface area contributed by atoms with Crippen molar-refractivity contribution in [3.8, 4) is 0 Å². The van der Waals surface area contributed by atoms with Gasteiger partial charge in [-0.25, -0.2) is 0 Å². The molecule has 1 aliphatic heterocycles. The molecule has 2 fully saturated rings. The summed E-state index contributed by atoms with van der Waals surface area (Å²) in [4.78, 5) is 11.2. The summed E-state index contributed by atoms with van der Waals surface area (Å²) in [5, 5.41) is 0. The maximum atomic E-state index is 11.2. The molecule has 2 aliphatic rings. The van der Waals surface area contributed by atoms with Gasteiger partial charge in [0.15, 0.2) is 0 Å². The minimum Gasteiger partial charge on any atom is -0.399 e. The van der Waals surface area contributed by atoms with Gasteiger partial charge in [0.1, 0.15) is 6.29 Å². The average molecular weight is 286 g/mol. The van der Waals surface area contributed by atoms with Crippen LogP contribution in [0.3, 0.4) is 0 Å². The van der Waals surface area contributed by atoms with E-state index in [2.05, 4.69) is 6.07 Å². The van der Waals surface area contributed by atoms with Gasteiger partial charge in [-0.1, -0.05) is 12.1 Å². The van der Waals surface area contributed by atoms with E-state index in [4.69, 9.17) is 9.31 Å². The van der Waals surface area contributed by atoms with Gasteiger partial charge >= 0.3 is 7.12 Å². The first-order valence-electron chi connectivity index (χ1n) is 7.75. The average Bonchev–Trinajstić information content (AvgIpc) is 3.16. The molecule has 0 atom stereocenters. The molecule has 1 aromatic carbocycles. The fraction of sp³-hybridized carbons (Fsp3) is 0.588. The largest absolute Gasteiger partial charge is 0.494 e. The first kappa shape index (κ1) is 14.8. The maximum Gasteiger partial charge on any atom is 0.494 e. The Bertz CT molecular complexity index is 545. The van der Waals surface area contributed by atoms with Crippen molar-refractivity contribution in [2.75, 3.05) is 0 Å². The van der Waals surface area contributed by atoms with Crippen molar-refractivity contribution in [2.24, 2.45) is 5.92 Å². The number of hydrogen-bond acceptors (Lipinski definition) is 3. The Balaban J connectivity index is 1.89. The lowest BCUT2D eigenvalue weighted by molar-refractivity contribution is 0.00578. The normalized spacial score (nSPS) is 23.3. The molecular weight excluding hydrogens is 263 g/mol. The topological polar surface area (TPSA) is 35.5 Å². The second-order valence-corrected chi connectivity index (χ2v) is 7.36. The molecule has 0 N–H and O–H groups in total. The summed E-state index contributed by atoms with van der Waals surface area (Å²) in [5.41, 5.74) is 2.16. The minimum atomic E-state index is -0.396. The molecule has 1 saturated heterocycles. The SMILES string of the molecule is CC1(C)OB(c2cc(C=O)cc(CC3CC3)c2)OC1(C)C. The van der Waals surface area contributed by atoms with Crippen LogP contribution in [0.15, 0.2) is 18.2 Å². The third kappa shape index (κ3) is 2.92. The number of benzene rings is 1. The summed E-state index contributed by atoms with van der Waals surface area (Å²) in [6.07, 6.45) is 4.56. The summed E-state index contributed by atoms with van der Waals surface area (Å²) in [7, 11) is -0.396. The molecule has 0 bridgehead atoms. The van der Waals surface area contributed by atoms with Crippen molar-refractivity contribution >= 4 is 18.9 Å². The third-order valence-corrected chi connectivity index (χ3v) is 4.92. The van der Waals surface area contributed by atoms with Crippen molar-refractivity contribution in [2.45, 2.75) is 58.2 Å². The summed E-state index contributed by atoms with van der Waals surface area (Å²) < 4.78 is 12.2. The van der Waals surface area contributed by atoms with Crippen molar-refractivity contribution in [1.29, 1.82) is 0 Å². The van der Waals surface area contributed by atoms with Crippen LogP contribution in [-0.4, -0.2) is 24.6 Å². The Morgan fingerprint density at radius 1 is 1.14 bits per heavy atom. The predicted octanol–water partition coefficient (Wildman–Crippen LogP) is 2.75. The van der Waals surface area contributed by atoms with E-state index in [1.165, 1.54) is 18.4 Å². The molecule has 4 heteroatoms. The van der Waals surface area contributed by atoms with Gasteiger partial charge in [0.05, 0.1) is 11.2 Å². The smallest absolute Gasteiger partial charge is 0.399 e. The zero-order valence-electron chi connectivity index (χ0n) is 13.3. The van der Waals surface area contributed by atoms with E-state index in [1.807, 2.05) is 39.8 Å². The molecule has 0 amide bonds. The minimum absolute atomic E-state index is 0.356. The van der Waals surface area contributed by atoms with Gasteiger partial charge in [-0.3, -0.25) is 4.79 Å². The Hall–Kier alpha value is -1.13. The zero-order chi connectivity index (χ0) is 15.3. The Kier molecular flexibility index (Phi) is 3.49. The highest BCUT2D eigenvalue weighted by Gasteiger charge is 2.51. The van der Waals surface area contributed by atoms with E-state index in [0.717, 1.165) is 24.1 Å². The van der Waals surface area contributed by atoms with Gasteiger partial charge < -0.3 is 9.31 Å². The van der Waals surface area contributed by atoms with E-state index < -0.39 is 7.12 Å². The van der Waals surface area contributed by atoms with Crippen LogP contribution in [0.4, 0.5) is 0 Å². The van der Waals surface area contributed by atoms with Gasteiger partial charge in [-0.2, -0.15) is 0 Å². The molecule has 3 rings (SSSR count). The van der Waals surface area contributed by atoms with E-state index in [-0.39, 0.29) is 11.2 Å². The van der Waals surface area contributed by atoms with Gasteiger partial charge in [0.25, 0.3) is 0 Å². The van der Waals surface area contributed by atoms with E-state index >= 15 is 0 Å².